The first-order valence-corrected chi connectivity index (χ1v) is 6.51. The monoisotopic (exact) mass is 301 g/mol. The lowest BCUT2D eigenvalue weighted by Crippen LogP contribution is -2.27. The molecule has 4 nitrogen and oxygen atoms in total. The van der Waals surface area contributed by atoms with Crippen LogP contribution in [-0.4, -0.2) is 22.6 Å². The number of hydrogen-bond donors (Lipinski definition) is 1. The highest BCUT2D eigenvalue weighted by Gasteiger charge is 2.18. The van der Waals surface area contributed by atoms with Gasteiger partial charge in [-0.15, -0.1) is 21.5 Å². The van der Waals surface area contributed by atoms with Crippen LogP contribution in [0.2, 0.25) is 0 Å². The number of nitrogens with one attached hydrogen (secondary N) is 1. The van der Waals surface area contributed by atoms with Crippen LogP contribution in [0.1, 0.15) is 20.4 Å². The zero-order chi connectivity index (χ0) is 14.7. The van der Waals surface area contributed by atoms with Gasteiger partial charge in [-0.3, -0.25) is 4.79 Å². The Morgan fingerprint density at radius 1 is 1.25 bits per heavy atom. The number of halogens is 3. The summed E-state index contributed by atoms with van der Waals surface area (Å²) in [6.07, 6.45) is 0.433. The summed E-state index contributed by atoms with van der Waals surface area (Å²) in [4.78, 5) is 11.7. The number of carbonyl (C=O) groups excluding carboxylic acids is 1. The number of aromatic nitrogens is 2. The highest BCUT2D eigenvalue weighted by atomic mass is 32.1. The maximum absolute atomic E-state index is 13.4. The summed E-state index contributed by atoms with van der Waals surface area (Å²) < 4.78 is 39.1. The quantitative estimate of drug-likeness (QED) is 0.881. The van der Waals surface area contributed by atoms with Gasteiger partial charge in [0, 0.05) is 13.0 Å². The van der Waals surface area contributed by atoms with Crippen LogP contribution in [0.4, 0.5) is 13.2 Å². The van der Waals surface area contributed by atoms with Crippen molar-refractivity contribution in [2.45, 2.75) is 13.3 Å². The minimum Gasteiger partial charge on any atom is -0.352 e. The summed E-state index contributed by atoms with van der Waals surface area (Å²) in [5, 5.41) is 11.6. The van der Waals surface area contributed by atoms with Crippen molar-refractivity contribution in [3.8, 4) is 0 Å². The maximum Gasteiger partial charge on any atom is 0.254 e. The first kappa shape index (κ1) is 14.4. The van der Waals surface area contributed by atoms with E-state index < -0.39 is 28.9 Å². The molecule has 0 saturated carbocycles. The van der Waals surface area contributed by atoms with Crippen molar-refractivity contribution < 1.29 is 18.0 Å². The molecule has 2 rings (SSSR count). The number of amides is 1. The number of aryl methyl sites for hydroxylation is 1. The number of rotatable bonds is 4. The molecule has 1 aromatic carbocycles. The third-order valence-electron chi connectivity index (χ3n) is 2.47. The molecule has 20 heavy (non-hydrogen) atoms. The topological polar surface area (TPSA) is 54.9 Å². The van der Waals surface area contributed by atoms with E-state index in [-0.39, 0.29) is 6.54 Å². The second-order valence-corrected chi connectivity index (χ2v) is 5.21. The molecule has 0 unspecified atom stereocenters. The van der Waals surface area contributed by atoms with E-state index in [4.69, 9.17) is 0 Å². The van der Waals surface area contributed by atoms with Gasteiger partial charge in [-0.05, 0) is 19.1 Å². The van der Waals surface area contributed by atoms with Gasteiger partial charge in [0.2, 0.25) is 0 Å². The molecule has 0 fully saturated rings. The van der Waals surface area contributed by atoms with Crippen molar-refractivity contribution in [2.75, 3.05) is 6.54 Å². The molecule has 1 N–H and O–H groups in total. The minimum absolute atomic E-state index is 0.200. The molecule has 0 spiro atoms. The molecule has 0 saturated heterocycles. The van der Waals surface area contributed by atoms with Crippen molar-refractivity contribution in [3.05, 3.63) is 45.2 Å². The van der Waals surface area contributed by atoms with E-state index in [1.807, 2.05) is 0 Å². The van der Waals surface area contributed by atoms with E-state index >= 15 is 0 Å². The predicted octanol–water partition coefficient (Wildman–Crippen LogP) is 2.24. The Morgan fingerprint density at radius 3 is 2.65 bits per heavy atom. The van der Waals surface area contributed by atoms with E-state index in [2.05, 4.69) is 15.5 Å². The van der Waals surface area contributed by atoms with Crippen molar-refractivity contribution in [1.82, 2.24) is 15.5 Å². The van der Waals surface area contributed by atoms with Gasteiger partial charge >= 0.3 is 0 Å². The van der Waals surface area contributed by atoms with E-state index in [9.17, 15) is 18.0 Å². The summed E-state index contributed by atoms with van der Waals surface area (Å²) >= 11 is 1.39. The van der Waals surface area contributed by atoms with E-state index in [1.54, 1.807) is 6.92 Å². The number of benzene rings is 1. The first-order valence-electron chi connectivity index (χ1n) is 5.69. The van der Waals surface area contributed by atoms with Gasteiger partial charge in [0.1, 0.15) is 10.0 Å². The number of carbonyl (C=O) groups is 1. The van der Waals surface area contributed by atoms with Gasteiger partial charge in [0.15, 0.2) is 17.5 Å². The molecule has 1 amide bonds. The fraction of sp³-hybridized carbons (Fsp3) is 0.250. The Labute approximate surface area is 116 Å². The molecule has 106 valence electrons. The fourth-order valence-electron chi connectivity index (χ4n) is 1.52. The van der Waals surface area contributed by atoms with E-state index in [0.29, 0.717) is 12.5 Å². The SMILES string of the molecule is Cc1nnc(CCNC(=O)c2ccc(F)c(F)c2F)s1. The molecular weight excluding hydrogens is 291 g/mol. The maximum atomic E-state index is 13.4. The molecule has 0 bridgehead atoms. The van der Waals surface area contributed by atoms with Crippen LogP contribution >= 0.6 is 11.3 Å². The fourth-order valence-corrected chi connectivity index (χ4v) is 2.23. The van der Waals surface area contributed by atoms with E-state index in [0.717, 1.165) is 16.1 Å². The molecule has 0 aliphatic heterocycles. The molecule has 0 atom stereocenters. The third-order valence-corrected chi connectivity index (χ3v) is 3.37. The van der Waals surface area contributed by atoms with Crippen molar-refractivity contribution >= 4 is 17.2 Å². The second-order valence-electron chi connectivity index (χ2n) is 3.94. The summed E-state index contributed by atoms with van der Waals surface area (Å²) in [5.74, 6) is -5.28. The number of nitrogens with zero attached hydrogens (tertiary/aromatic N) is 2. The Hall–Kier alpha value is -1.96. The lowest BCUT2D eigenvalue weighted by atomic mass is 10.2. The van der Waals surface area contributed by atoms with Crippen LogP contribution in [0.25, 0.3) is 0 Å². The van der Waals surface area contributed by atoms with Gasteiger partial charge < -0.3 is 5.32 Å². The van der Waals surface area contributed by atoms with Crippen molar-refractivity contribution in [2.24, 2.45) is 0 Å². The average molecular weight is 301 g/mol. The molecule has 0 radical (unpaired) electrons. The molecule has 0 aliphatic rings. The largest absolute Gasteiger partial charge is 0.352 e. The summed E-state index contributed by atoms with van der Waals surface area (Å²) in [6.45, 7) is 2.00. The average Bonchev–Trinajstić information content (AvgIpc) is 2.82. The molecular formula is C12H10F3N3OS. The van der Waals surface area contributed by atoms with Crippen LogP contribution in [0, 0.1) is 24.4 Å². The Balaban J connectivity index is 1.97. The zero-order valence-electron chi connectivity index (χ0n) is 10.4. The van der Waals surface area contributed by atoms with Crippen molar-refractivity contribution in [3.63, 3.8) is 0 Å². The standard InChI is InChI=1S/C12H10F3N3OS/c1-6-17-18-9(20-6)4-5-16-12(19)7-2-3-8(13)11(15)10(7)14/h2-3H,4-5H2,1H3,(H,16,19). The number of hydrogen-bond acceptors (Lipinski definition) is 4. The Bertz CT molecular complexity index is 645. The van der Waals surface area contributed by atoms with Gasteiger partial charge in [-0.1, -0.05) is 0 Å². The van der Waals surface area contributed by atoms with E-state index in [1.165, 1.54) is 11.3 Å². The van der Waals surface area contributed by atoms with Gasteiger partial charge in [0.25, 0.3) is 5.91 Å². The lowest BCUT2D eigenvalue weighted by molar-refractivity contribution is 0.0949. The predicted molar refractivity (Wildman–Crippen MR) is 67.0 cm³/mol. The Kier molecular flexibility index (Phi) is 4.33. The molecule has 1 aromatic heterocycles. The van der Waals surface area contributed by atoms with Gasteiger partial charge in [-0.2, -0.15) is 0 Å². The molecule has 2 aromatic rings. The van der Waals surface area contributed by atoms with Crippen molar-refractivity contribution in [1.29, 1.82) is 0 Å². The first-order chi connectivity index (χ1) is 9.49. The highest BCUT2D eigenvalue weighted by Crippen LogP contribution is 2.15. The second kappa shape index (κ2) is 6.00. The van der Waals surface area contributed by atoms with Gasteiger partial charge in [-0.25, -0.2) is 13.2 Å². The van der Waals surface area contributed by atoms with Crippen LogP contribution in [0.15, 0.2) is 12.1 Å². The minimum atomic E-state index is -1.66. The lowest BCUT2D eigenvalue weighted by Gasteiger charge is -2.05. The molecule has 1 heterocycles. The smallest absolute Gasteiger partial charge is 0.254 e. The molecule has 8 heteroatoms. The summed E-state index contributed by atoms with van der Waals surface area (Å²) in [7, 11) is 0. The third kappa shape index (κ3) is 3.13. The van der Waals surface area contributed by atoms with Crippen LogP contribution < -0.4 is 5.32 Å². The van der Waals surface area contributed by atoms with Crippen LogP contribution in [0.3, 0.4) is 0 Å². The van der Waals surface area contributed by atoms with Crippen LogP contribution in [0.5, 0.6) is 0 Å². The summed E-state index contributed by atoms with van der Waals surface area (Å²) in [5.41, 5.74) is -0.530. The zero-order valence-corrected chi connectivity index (χ0v) is 11.2. The van der Waals surface area contributed by atoms with Crippen LogP contribution in [-0.2, 0) is 6.42 Å². The normalized spacial score (nSPS) is 10.6. The molecule has 0 aliphatic carbocycles. The highest BCUT2D eigenvalue weighted by molar-refractivity contribution is 7.11. The van der Waals surface area contributed by atoms with Gasteiger partial charge in [0.05, 0.1) is 5.56 Å². The Morgan fingerprint density at radius 2 is 2.00 bits per heavy atom. The summed E-state index contributed by atoms with van der Waals surface area (Å²) in [6, 6.07) is 1.61.